The van der Waals surface area contributed by atoms with Crippen LogP contribution in [0.3, 0.4) is 0 Å². The number of aliphatic hydroxyl groups excluding tert-OH is 1. The van der Waals surface area contributed by atoms with Crippen molar-refractivity contribution in [2.24, 2.45) is 0 Å². The highest BCUT2D eigenvalue weighted by atomic mass is 16.6. The molecule has 1 saturated heterocycles. The van der Waals surface area contributed by atoms with Gasteiger partial charge in [0.05, 0.1) is 29.3 Å². The first-order valence-corrected chi connectivity index (χ1v) is 10.4. The van der Waals surface area contributed by atoms with Gasteiger partial charge in [0.2, 0.25) is 0 Å². The zero-order chi connectivity index (χ0) is 23.7. The number of likely N-dealkylation sites (tertiary alicyclic amines) is 1. The Morgan fingerprint density at radius 3 is 2.45 bits per heavy atom. The summed E-state index contributed by atoms with van der Waals surface area (Å²) in [5.41, 5.74) is 1.45. The molecule has 1 amide bonds. The lowest BCUT2D eigenvalue weighted by atomic mass is 9.93. The van der Waals surface area contributed by atoms with Crippen LogP contribution in [0, 0.1) is 10.1 Å². The molecule has 0 radical (unpaired) electrons. The maximum Gasteiger partial charge on any atom is 0.296 e. The minimum atomic E-state index is -0.879. The van der Waals surface area contributed by atoms with Crippen LogP contribution in [-0.2, 0) is 16.1 Å². The first kappa shape index (κ1) is 22.0. The van der Waals surface area contributed by atoms with Crippen molar-refractivity contribution in [1.82, 2.24) is 4.90 Å². The number of hydrogen-bond donors (Lipinski definition) is 1. The summed E-state index contributed by atoms with van der Waals surface area (Å²) < 4.78 is 5.38. The summed E-state index contributed by atoms with van der Waals surface area (Å²) >= 11 is 0. The Bertz CT molecular complexity index is 1240. The number of furan rings is 1. The second-order valence-corrected chi connectivity index (χ2v) is 8.14. The first-order chi connectivity index (χ1) is 15.8. The molecule has 1 atom stereocenters. The third-order valence-electron chi connectivity index (χ3n) is 5.70. The molecule has 2 aromatic carbocycles. The molecule has 0 unspecified atom stereocenters. The normalized spacial score (nSPS) is 17.7. The Hall–Kier alpha value is -4.20. The van der Waals surface area contributed by atoms with E-state index in [1.54, 1.807) is 12.1 Å². The second kappa shape index (κ2) is 8.74. The fourth-order valence-corrected chi connectivity index (χ4v) is 3.95. The zero-order valence-corrected chi connectivity index (χ0v) is 18.1. The van der Waals surface area contributed by atoms with Crippen LogP contribution in [-0.4, -0.2) is 26.6 Å². The topological polar surface area (TPSA) is 114 Å². The Kier molecular flexibility index (Phi) is 5.83. The van der Waals surface area contributed by atoms with Gasteiger partial charge in [-0.15, -0.1) is 0 Å². The minimum Gasteiger partial charge on any atom is -0.507 e. The van der Waals surface area contributed by atoms with E-state index in [-0.39, 0.29) is 23.4 Å². The number of carbonyl (C=O) groups excluding carboxylic acids is 2. The smallest absolute Gasteiger partial charge is 0.296 e. The predicted octanol–water partition coefficient (Wildman–Crippen LogP) is 4.93. The number of hydrogen-bond acceptors (Lipinski definition) is 6. The fraction of sp³-hybridized carbons (Fsp3) is 0.200. The minimum absolute atomic E-state index is 0.0277. The van der Waals surface area contributed by atoms with Gasteiger partial charge >= 0.3 is 0 Å². The lowest BCUT2D eigenvalue weighted by Crippen LogP contribution is -2.29. The summed E-state index contributed by atoms with van der Waals surface area (Å²) in [5.74, 6) is -1.33. The Labute approximate surface area is 189 Å². The molecule has 1 aliphatic rings. The number of carbonyl (C=O) groups is 2. The molecule has 1 fully saturated rings. The van der Waals surface area contributed by atoms with Gasteiger partial charge in [0.15, 0.2) is 0 Å². The predicted molar refractivity (Wildman–Crippen MR) is 120 cm³/mol. The average Bonchev–Trinajstić information content (AvgIpc) is 3.41. The van der Waals surface area contributed by atoms with Crippen molar-refractivity contribution >= 4 is 23.1 Å². The number of non-ortho nitro benzene ring substituents is 1. The lowest BCUT2D eigenvalue weighted by Gasteiger charge is -2.25. The Morgan fingerprint density at radius 2 is 1.85 bits per heavy atom. The molecule has 0 saturated carbocycles. The van der Waals surface area contributed by atoms with Gasteiger partial charge in [-0.1, -0.05) is 50.2 Å². The molecular formula is C25H22N2O6. The highest BCUT2D eigenvalue weighted by Gasteiger charge is 2.46. The lowest BCUT2D eigenvalue weighted by molar-refractivity contribution is -0.384. The monoisotopic (exact) mass is 446 g/mol. The van der Waals surface area contributed by atoms with Gasteiger partial charge in [-0.05, 0) is 29.2 Å². The second-order valence-electron chi connectivity index (χ2n) is 8.14. The van der Waals surface area contributed by atoms with Crippen LogP contribution < -0.4 is 0 Å². The summed E-state index contributed by atoms with van der Waals surface area (Å²) in [7, 11) is 0. The Morgan fingerprint density at radius 1 is 1.12 bits per heavy atom. The van der Waals surface area contributed by atoms with Crippen molar-refractivity contribution in [1.29, 1.82) is 0 Å². The van der Waals surface area contributed by atoms with Gasteiger partial charge in [0, 0.05) is 17.7 Å². The van der Waals surface area contributed by atoms with E-state index in [0.29, 0.717) is 17.2 Å². The number of rotatable bonds is 6. The van der Waals surface area contributed by atoms with Gasteiger partial charge in [0.1, 0.15) is 11.5 Å². The molecule has 1 aromatic heterocycles. The van der Waals surface area contributed by atoms with Crippen molar-refractivity contribution in [2.75, 3.05) is 0 Å². The van der Waals surface area contributed by atoms with E-state index in [4.69, 9.17) is 4.42 Å². The molecule has 1 N–H and O–H groups in total. The summed E-state index contributed by atoms with van der Waals surface area (Å²) in [6, 6.07) is 15.3. The molecule has 3 aromatic rings. The highest BCUT2D eigenvalue weighted by Crippen LogP contribution is 2.41. The van der Waals surface area contributed by atoms with Gasteiger partial charge in [-0.2, -0.15) is 0 Å². The van der Waals surface area contributed by atoms with Crippen LogP contribution in [0.2, 0.25) is 0 Å². The van der Waals surface area contributed by atoms with Crippen molar-refractivity contribution < 1.29 is 24.0 Å². The van der Waals surface area contributed by atoms with E-state index >= 15 is 0 Å². The zero-order valence-electron chi connectivity index (χ0n) is 18.1. The molecule has 8 heteroatoms. The van der Waals surface area contributed by atoms with Crippen LogP contribution in [0.1, 0.15) is 48.3 Å². The molecule has 4 rings (SSSR count). The highest BCUT2D eigenvalue weighted by molar-refractivity contribution is 6.46. The molecule has 2 heterocycles. The molecule has 8 nitrogen and oxygen atoms in total. The standard InChI is InChI=1S/C25H22N2O6/c1-15(2)16-8-10-17(11-9-16)22-21(23(28)18-5-3-6-19(13-18)27(31)32)24(29)25(30)26(22)14-20-7-4-12-33-20/h3-13,15,22,28H,14H2,1-2H3/t22-/m0/s1. The van der Waals surface area contributed by atoms with Gasteiger partial charge in [-0.3, -0.25) is 19.7 Å². The van der Waals surface area contributed by atoms with E-state index in [9.17, 15) is 24.8 Å². The van der Waals surface area contributed by atoms with Gasteiger partial charge in [0.25, 0.3) is 17.4 Å². The summed E-state index contributed by atoms with van der Waals surface area (Å²) in [5, 5.41) is 22.3. The maximum absolute atomic E-state index is 13.1. The summed E-state index contributed by atoms with van der Waals surface area (Å²) in [4.78, 5) is 38.0. The average molecular weight is 446 g/mol. The SMILES string of the molecule is CC(C)c1ccc([C@H]2C(=C(O)c3cccc([N+](=O)[O-])c3)C(=O)C(=O)N2Cc2ccco2)cc1. The fourth-order valence-electron chi connectivity index (χ4n) is 3.95. The molecule has 0 spiro atoms. The van der Waals surface area contributed by atoms with Crippen LogP contribution >= 0.6 is 0 Å². The van der Waals surface area contributed by atoms with E-state index < -0.39 is 28.4 Å². The van der Waals surface area contributed by atoms with Crippen molar-refractivity contribution in [3.63, 3.8) is 0 Å². The number of aliphatic hydroxyl groups is 1. The van der Waals surface area contributed by atoms with Crippen molar-refractivity contribution in [3.8, 4) is 0 Å². The molecule has 0 bridgehead atoms. The first-order valence-electron chi connectivity index (χ1n) is 10.4. The molecular weight excluding hydrogens is 424 g/mol. The molecule has 1 aliphatic heterocycles. The van der Waals surface area contributed by atoms with E-state index in [0.717, 1.165) is 5.56 Å². The van der Waals surface area contributed by atoms with Crippen molar-refractivity contribution in [2.45, 2.75) is 32.4 Å². The van der Waals surface area contributed by atoms with E-state index in [1.165, 1.54) is 35.4 Å². The number of nitrogens with zero attached hydrogens (tertiary/aromatic N) is 2. The number of ketones is 1. The van der Waals surface area contributed by atoms with Gasteiger partial charge in [-0.25, -0.2) is 0 Å². The van der Waals surface area contributed by atoms with Crippen molar-refractivity contribution in [3.05, 3.63) is 105 Å². The number of amides is 1. The quantitative estimate of drug-likeness (QED) is 0.189. The largest absolute Gasteiger partial charge is 0.507 e. The van der Waals surface area contributed by atoms with Crippen LogP contribution in [0.15, 0.2) is 76.9 Å². The number of nitro groups is 1. The maximum atomic E-state index is 13.1. The summed E-state index contributed by atoms with van der Waals surface area (Å²) in [6.45, 7) is 4.14. The number of Topliss-reactive ketones (excluding diaryl/α,β-unsaturated/α-hetero) is 1. The Balaban J connectivity index is 1.86. The van der Waals surface area contributed by atoms with Gasteiger partial charge < -0.3 is 14.4 Å². The van der Waals surface area contributed by atoms with E-state index in [1.807, 2.05) is 24.3 Å². The van der Waals surface area contributed by atoms with Crippen LogP contribution in [0.5, 0.6) is 0 Å². The molecule has 33 heavy (non-hydrogen) atoms. The third kappa shape index (κ3) is 4.15. The van der Waals surface area contributed by atoms with E-state index in [2.05, 4.69) is 13.8 Å². The van der Waals surface area contributed by atoms with Crippen LogP contribution in [0.25, 0.3) is 5.76 Å². The third-order valence-corrected chi connectivity index (χ3v) is 5.70. The number of benzene rings is 2. The molecule has 168 valence electrons. The number of nitro benzene ring substituents is 1. The van der Waals surface area contributed by atoms with Crippen LogP contribution in [0.4, 0.5) is 5.69 Å². The molecule has 0 aliphatic carbocycles. The summed E-state index contributed by atoms with van der Waals surface area (Å²) in [6.07, 6.45) is 1.47.